The molecule has 3 rings (SSSR count). The first-order valence-corrected chi connectivity index (χ1v) is 7.46. The molecule has 0 saturated heterocycles. The molecule has 2 atom stereocenters. The minimum atomic E-state index is -0.147. The maximum atomic E-state index is 12.8. The van der Waals surface area contributed by atoms with Crippen LogP contribution in [0.1, 0.15) is 31.9 Å². The molecule has 0 radical (unpaired) electrons. The van der Waals surface area contributed by atoms with Crippen molar-refractivity contribution in [3.05, 3.63) is 60.2 Å². The lowest BCUT2D eigenvalue weighted by atomic mass is 10.0. The molecule has 3 nitrogen and oxygen atoms in total. The highest BCUT2D eigenvalue weighted by atomic mass is 16.2. The first-order chi connectivity index (χ1) is 10.2. The molecule has 0 aliphatic carbocycles. The normalized spacial score (nSPS) is 18.9. The number of hydrogen-bond acceptors (Lipinski definition) is 2. The minimum Gasteiger partial charge on any atom is -0.372 e. The van der Waals surface area contributed by atoms with E-state index in [1.807, 2.05) is 54.3 Å². The lowest BCUT2D eigenvalue weighted by Crippen LogP contribution is -2.47. The molecule has 1 N–H and O–H groups in total. The van der Waals surface area contributed by atoms with Crippen LogP contribution in [0.25, 0.3) is 0 Å². The molecule has 0 fully saturated rings. The van der Waals surface area contributed by atoms with E-state index < -0.39 is 0 Å². The lowest BCUT2D eigenvalue weighted by molar-refractivity contribution is -0.120. The van der Waals surface area contributed by atoms with Crippen LogP contribution >= 0.6 is 0 Å². The molecule has 2 aromatic rings. The molecular formula is C18H20N2O. The summed E-state index contributed by atoms with van der Waals surface area (Å²) in [5.41, 5.74) is 3.15. The van der Waals surface area contributed by atoms with Crippen molar-refractivity contribution in [2.45, 2.75) is 32.4 Å². The fourth-order valence-electron chi connectivity index (χ4n) is 2.90. The number of benzene rings is 2. The van der Waals surface area contributed by atoms with Crippen molar-refractivity contribution in [1.82, 2.24) is 0 Å². The molecule has 1 heterocycles. The summed E-state index contributed by atoms with van der Waals surface area (Å²) in [6.45, 7) is 4.12. The number of carbonyl (C=O) groups is 1. The van der Waals surface area contributed by atoms with E-state index in [0.717, 1.165) is 23.4 Å². The summed E-state index contributed by atoms with van der Waals surface area (Å²) in [6.07, 6.45) is 0.783. The van der Waals surface area contributed by atoms with Crippen LogP contribution in [0.4, 0.5) is 11.4 Å². The van der Waals surface area contributed by atoms with E-state index in [1.54, 1.807) is 0 Å². The van der Waals surface area contributed by atoms with Gasteiger partial charge in [-0.25, -0.2) is 0 Å². The molecule has 0 saturated carbocycles. The van der Waals surface area contributed by atoms with E-state index in [1.165, 1.54) is 0 Å². The molecule has 3 heteroatoms. The van der Waals surface area contributed by atoms with Crippen molar-refractivity contribution in [2.24, 2.45) is 0 Å². The van der Waals surface area contributed by atoms with Crippen LogP contribution in [-0.2, 0) is 4.79 Å². The van der Waals surface area contributed by atoms with E-state index in [2.05, 4.69) is 24.4 Å². The van der Waals surface area contributed by atoms with Gasteiger partial charge in [0.2, 0.25) is 5.91 Å². The number of nitrogens with zero attached hydrogens (tertiary/aromatic N) is 1. The molecule has 0 aromatic heterocycles. The predicted molar refractivity (Wildman–Crippen MR) is 86.5 cm³/mol. The summed E-state index contributed by atoms with van der Waals surface area (Å²) >= 11 is 0. The Labute approximate surface area is 125 Å². The van der Waals surface area contributed by atoms with Gasteiger partial charge in [-0.15, -0.1) is 0 Å². The van der Waals surface area contributed by atoms with Crippen LogP contribution in [0.3, 0.4) is 0 Å². The number of anilines is 2. The highest BCUT2D eigenvalue weighted by Crippen LogP contribution is 2.37. The Bertz CT molecular complexity index is 639. The number of rotatable bonds is 3. The van der Waals surface area contributed by atoms with Crippen molar-refractivity contribution >= 4 is 17.3 Å². The summed E-state index contributed by atoms with van der Waals surface area (Å²) in [4.78, 5) is 14.7. The van der Waals surface area contributed by atoms with E-state index >= 15 is 0 Å². The summed E-state index contributed by atoms with van der Waals surface area (Å²) in [7, 11) is 0. The van der Waals surface area contributed by atoms with Gasteiger partial charge in [-0.05, 0) is 31.0 Å². The Morgan fingerprint density at radius 1 is 1.10 bits per heavy atom. The molecule has 108 valence electrons. The second kappa shape index (κ2) is 5.60. The van der Waals surface area contributed by atoms with Crippen LogP contribution in [-0.4, -0.2) is 11.9 Å². The van der Waals surface area contributed by atoms with Gasteiger partial charge >= 0.3 is 0 Å². The average molecular weight is 280 g/mol. The van der Waals surface area contributed by atoms with Crippen LogP contribution in [0.15, 0.2) is 54.6 Å². The van der Waals surface area contributed by atoms with E-state index in [4.69, 9.17) is 0 Å². The van der Waals surface area contributed by atoms with Crippen LogP contribution in [0, 0.1) is 0 Å². The SMILES string of the molecule is CCC1Nc2ccccc2N(C(C)c2ccccc2)C1=O. The van der Waals surface area contributed by atoms with Crippen molar-refractivity contribution in [3.63, 3.8) is 0 Å². The van der Waals surface area contributed by atoms with Crippen molar-refractivity contribution < 1.29 is 4.79 Å². The van der Waals surface area contributed by atoms with Crippen molar-refractivity contribution in [1.29, 1.82) is 0 Å². The van der Waals surface area contributed by atoms with E-state index in [-0.39, 0.29) is 18.0 Å². The van der Waals surface area contributed by atoms with E-state index in [0.29, 0.717) is 0 Å². The van der Waals surface area contributed by atoms with Crippen molar-refractivity contribution in [2.75, 3.05) is 10.2 Å². The van der Waals surface area contributed by atoms with Gasteiger partial charge < -0.3 is 10.2 Å². The van der Waals surface area contributed by atoms with Crippen LogP contribution in [0.2, 0.25) is 0 Å². The second-order valence-electron chi connectivity index (χ2n) is 5.42. The van der Waals surface area contributed by atoms with Gasteiger partial charge in [0.05, 0.1) is 17.4 Å². The Morgan fingerprint density at radius 3 is 2.48 bits per heavy atom. The molecule has 0 bridgehead atoms. The summed E-state index contributed by atoms with van der Waals surface area (Å²) in [5, 5.41) is 3.34. The third-order valence-electron chi connectivity index (χ3n) is 4.11. The standard InChI is InChI=1S/C18H20N2O/c1-3-15-18(21)20(13(2)14-9-5-4-6-10-14)17-12-8-7-11-16(17)19-15/h4-13,15,19H,3H2,1-2H3. The third kappa shape index (κ3) is 2.40. The largest absolute Gasteiger partial charge is 0.372 e. The Morgan fingerprint density at radius 2 is 1.76 bits per heavy atom. The predicted octanol–water partition coefficient (Wildman–Crippen LogP) is 3.98. The maximum absolute atomic E-state index is 12.8. The van der Waals surface area contributed by atoms with Crippen LogP contribution < -0.4 is 10.2 Å². The zero-order valence-corrected chi connectivity index (χ0v) is 12.4. The number of carbonyl (C=O) groups excluding carboxylic acids is 1. The number of hydrogen-bond donors (Lipinski definition) is 1. The maximum Gasteiger partial charge on any atom is 0.250 e. The molecular weight excluding hydrogens is 260 g/mol. The van der Waals surface area contributed by atoms with E-state index in [9.17, 15) is 4.79 Å². The highest BCUT2D eigenvalue weighted by Gasteiger charge is 2.34. The van der Waals surface area contributed by atoms with Crippen LogP contribution in [0.5, 0.6) is 0 Å². The Hall–Kier alpha value is -2.29. The summed E-state index contributed by atoms with van der Waals surface area (Å²) < 4.78 is 0. The molecule has 2 unspecified atom stereocenters. The average Bonchev–Trinajstić information content (AvgIpc) is 2.54. The van der Waals surface area contributed by atoms with Gasteiger partial charge in [0.25, 0.3) is 0 Å². The second-order valence-corrected chi connectivity index (χ2v) is 5.42. The van der Waals surface area contributed by atoms with Gasteiger partial charge in [-0.2, -0.15) is 0 Å². The summed E-state index contributed by atoms with van der Waals surface area (Å²) in [5.74, 6) is 0.146. The zero-order valence-electron chi connectivity index (χ0n) is 12.4. The topological polar surface area (TPSA) is 32.3 Å². The minimum absolute atomic E-state index is 0.0241. The summed E-state index contributed by atoms with van der Waals surface area (Å²) in [6, 6.07) is 18.1. The van der Waals surface area contributed by atoms with Gasteiger partial charge in [0, 0.05) is 0 Å². The number of fused-ring (bicyclic) bond motifs is 1. The van der Waals surface area contributed by atoms with Crippen molar-refractivity contribution in [3.8, 4) is 0 Å². The Kier molecular flexibility index (Phi) is 3.65. The molecule has 1 aliphatic rings. The quantitative estimate of drug-likeness (QED) is 0.922. The fourth-order valence-corrected chi connectivity index (χ4v) is 2.90. The fraction of sp³-hybridized carbons (Fsp3) is 0.278. The smallest absolute Gasteiger partial charge is 0.250 e. The first kappa shape index (κ1) is 13.7. The molecule has 2 aromatic carbocycles. The van der Waals surface area contributed by atoms with Gasteiger partial charge in [-0.3, -0.25) is 4.79 Å². The van der Waals surface area contributed by atoms with Gasteiger partial charge in [-0.1, -0.05) is 49.4 Å². The zero-order chi connectivity index (χ0) is 14.8. The monoisotopic (exact) mass is 280 g/mol. The number of para-hydroxylation sites is 2. The first-order valence-electron chi connectivity index (χ1n) is 7.46. The molecule has 1 amide bonds. The van der Waals surface area contributed by atoms with Gasteiger partial charge in [0.15, 0.2) is 0 Å². The number of amides is 1. The third-order valence-corrected chi connectivity index (χ3v) is 4.11. The van der Waals surface area contributed by atoms with Gasteiger partial charge in [0.1, 0.15) is 6.04 Å². The molecule has 0 spiro atoms. The molecule has 21 heavy (non-hydrogen) atoms. The molecule has 1 aliphatic heterocycles. The lowest BCUT2D eigenvalue weighted by Gasteiger charge is -2.38. The highest BCUT2D eigenvalue weighted by molar-refractivity contribution is 6.05. The number of nitrogens with one attached hydrogen (secondary N) is 1. The Balaban J connectivity index is 2.05.